The molecule has 4 aliphatic rings. The molecule has 2 nitrogen and oxygen atoms in total. The van der Waals surface area contributed by atoms with E-state index in [1.807, 2.05) is 6.92 Å². The molecule has 0 aliphatic heterocycles. The van der Waals surface area contributed by atoms with Gasteiger partial charge in [0.1, 0.15) is 0 Å². The van der Waals surface area contributed by atoms with Crippen LogP contribution < -0.4 is 0 Å². The first-order valence-corrected chi connectivity index (χ1v) is 9.84. The van der Waals surface area contributed by atoms with E-state index in [1.54, 1.807) is 0 Å². The van der Waals surface area contributed by atoms with E-state index >= 15 is 0 Å². The molecule has 0 amide bonds. The zero-order valence-corrected chi connectivity index (χ0v) is 15.7. The lowest BCUT2D eigenvalue weighted by atomic mass is 9.43. The molecule has 0 aromatic heterocycles. The summed E-state index contributed by atoms with van der Waals surface area (Å²) in [6.45, 7) is 9.24. The number of hydrogen-bond donors (Lipinski definition) is 1. The summed E-state index contributed by atoms with van der Waals surface area (Å²) >= 11 is 0. The average Bonchev–Trinajstić information content (AvgIpc) is 2.73. The molecule has 3 saturated carbocycles. The fourth-order valence-electron chi connectivity index (χ4n) is 7.18. The quantitative estimate of drug-likeness (QED) is 0.511. The number of aliphatic hydroxyl groups excluding tert-OH is 1. The molecule has 132 valence electrons. The van der Waals surface area contributed by atoms with Crippen LogP contribution in [0.1, 0.15) is 72.6 Å². The van der Waals surface area contributed by atoms with Crippen LogP contribution in [-0.2, 0) is 4.79 Å². The van der Waals surface area contributed by atoms with E-state index in [9.17, 15) is 9.90 Å². The molecule has 6 atom stereocenters. The Balaban J connectivity index is 1.78. The highest BCUT2D eigenvalue weighted by Gasteiger charge is 2.65. The fraction of sp³-hybridized carbons (Fsp3) is 0.773. The van der Waals surface area contributed by atoms with Crippen LogP contribution in [-0.4, -0.2) is 17.0 Å². The minimum absolute atomic E-state index is 0.0515. The number of Topliss-reactive ketones (excluding diaryl/α,β-unsaturated/α-hetero) is 1. The Morgan fingerprint density at radius 1 is 1.17 bits per heavy atom. The molecule has 24 heavy (non-hydrogen) atoms. The molecule has 1 N–H and O–H groups in total. The van der Waals surface area contributed by atoms with Gasteiger partial charge in [-0.3, -0.25) is 4.79 Å². The van der Waals surface area contributed by atoms with Crippen molar-refractivity contribution in [2.75, 3.05) is 0 Å². The van der Waals surface area contributed by atoms with E-state index in [0.717, 1.165) is 44.1 Å². The molecule has 0 radical (unpaired) electrons. The van der Waals surface area contributed by atoms with Gasteiger partial charge in [-0.05, 0) is 73.7 Å². The van der Waals surface area contributed by atoms with Crippen LogP contribution in [0.25, 0.3) is 0 Å². The molecule has 0 aromatic rings. The third-order valence-electron chi connectivity index (χ3n) is 8.85. The van der Waals surface area contributed by atoms with Gasteiger partial charge in [-0.15, -0.1) is 0 Å². The van der Waals surface area contributed by atoms with Crippen LogP contribution in [0.4, 0.5) is 0 Å². The minimum atomic E-state index is -0.145. The van der Waals surface area contributed by atoms with Gasteiger partial charge in [-0.25, -0.2) is 0 Å². The van der Waals surface area contributed by atoms with Crippen LogP contribution in [0.2, 0.25) is 0 Å². The van der Waals surface area contributed by atoms with Crippen LogP contribution in [0.3, 0.4) is 0 Å². The minimum Gasteiger partial charge on any atom is -0.393 e. The summed E-state index contributed by atoms with van der Waals surface area (Å²) in [6, 6.07) is 0. The first kappa shape index (κ1) is 16.6. The number of carbonyl (C=O) groups excluding carboxylic acids is 1. The Morgan fingerprint density at radius 3 is 2.62 bits per heavy atom. The van der Waals surface area contributed by atoms with Crippen LogP contribution in [0, 0.1) is 28.1 Å². The summed E-state index contributed by atoms with van der Waals surface area (Å²) in [5.41, 5.74) is 2.99. The fourth-order valence-corrected chi connectivity index (χ4v) is 7.18. The van der Waals surface area contributed by atoms with Gasteiger partial charge in [-0.1, -0.05) is 38.5 Å². The maximum absolute atomic E-state index is 12.7. The Morgan fingerprint density at radius 2 is 1.92 bits per heavy atom. The van der Waals surface area contributed by atoms with E-state index in [-0.39, 0.29) is 22.3 Å². The average molecular weight is 328 g/mol. The lowest BCUT2D eigenvalue weighted by Crippen LogP contribution is -2.54. The van der Waals surface area contributed by atoms with Crippen molar-refractivity contribution < 1.29 is 9.90 Å². The number of rotatable bonds is 0. The predicted molar refractivity (Wildman–Crippen MR) is 96.5 cm³/mol. The van der Waals surface area contributed by atoms with Gasteiger partial charge in [0, 0.05) is 11.8 Å². The molecule has 4 rings (SSSR count). The molecule has 0 bridgehead atoms. The summed E-state index contributed by atoms with van der Waals surface area (Å²) in [5.74, 6) is 1.66. The van der Waals surface area contributed by atoms with Crippen molar-refractivity contribution in [3.63, 3.8) is 0 Å². The van der Waals surface area contributed by atoms with Crippen molar-refractivity contribution in [3.05, 3.63) is 23.3 Å². The summed E-state index contributed by atoms with van der Waals surface area (Å²) in [5, 5.41) is 10.1. The van der Waals surface area contributed by atoms with E-state index in [1.165, 1.54) is 12.0 Å². The third kappa shape index (κ3) is 1.84. The van der Waals surface area contributed by atoms with Crippen molar-refractivity contribution in [1.29, 1.82) is 0 Å². The number of fused-ring (bicyclic) bond motifs is 5. The highest BCUT2D eigenvalue weighted by molar-refractivity contribution is 6.00. The topological polar surface area (TPSA) is 37.3 Å². The van der Waals surface area contributed by atoms with Gasteiger partial charge in [0.2, 0.25) is 0 Å². The molecule has 4 aliphatic carbocycles. The highest BCUT2D eigenvalue weighted by Crippen LogP contribution is 2.70. The SMILES string of the molecule is C/C=C1\C(=O)C[C@@]2(C)C3CC=C4C[C@@H](O)CC[C@]4(C)C3CC[C@]12C. The van der Waals surface area contributed by atoms with Crippen molar-refractivity contribution in [2.24, 2.45) is 28.1 Å². The lowest BCUT2D eigenvalue weighted by molar-refractivity contribution is -0.117. The van der Waals surface area contributed by atoms with Crippen molar-refractivity contribution in [2.45, 2.75) is 78.7 Å². The Hall–Kier alpha value is -0.890. The zero-order chi connectivity index (χ0) is 17.3. The number of aliphatic hydroxyl groups is 1. The third-order valence-corrected chi connectivity index (χ3v) is 8.85. The number of carbonyl (C=O) groups is 1. The van der Waals surface area contributed by atoms with Crippen LogP contribution in [0.5, 0.6) is 0 Å². The van der Waals surface area contributed by atoms with Gasteiger partial charge in [0.15, 0.2) is 5.78 Å². The predicted octanol–water partition coefficient (Wildman–Crippen LogP) is 4.83. The molecule has 0 saturated heterocycles. The first-order chi connectivity index (χ1) is 11.3. The standard InChI is InChI=1S/C22H32O2/c1-5-16-19(24)13-22(4)18-7-6-14-12-15(23)8-10-20(14,2)17(18)9-11-21(16,22)3/h5-6,15,17-18,23H,7-13H2,1-4H3/b16-5+/t15-,17?,18?,20-,21+,22-/m0/s1. The maximum Gasteiger partial charge on any atom is 0.159 e. The van der Waals surface area contributed by atoms with Crippen LogP contribution in [0.15, 0.2) is 23.3 Å². The van der Waals surface area contributed by atoms with E-state index in [0.29, 0.717) is 17.6 Å². The Bertz CT molecular complexity index is 644. The van der Waals surface area contributed by atoms with E-state index < -0.39 is 0 Å². The largest absolute Gasteiger partial charge is 0.393 e. The highest BCUT2D eigenvalue weighted by atomic mass is 16.3. The lowest BCUT2D eigenvalue weighted by Gasteiger charge is -2.61. The summed E-state index contributed by atoms with van der Waals surface area (Å²) in [4.78, 5) is 12.7. The smallest absolute Gasteiger partial charge is 0.159 e. The van der Waals surface area contributed by atoms with Crippen molar-refractivity contribution in [3.8, 4) is 0 Å². The number of ketones is 1. The van der Waals surface area contributed by atoms with Crippen molar-refractivity contribution >= 4 is 5.78 Å². The molecule has 2 unspecified atom stereocenters. The van der Waals surface area contributed by atoms with E-state index in [4.69, 9.17) is 0 Å². The van der Waals surface area contributed by atoms with Gasteiger partial charge in [0.05, 0.1) is 6.10 Å². The maximum atomic E-state index is 12.7. The normalized spacial score (nSPS) is 52.5. The molecule has 3 fully saturated rings. The van der Waals surface area contributed by atoms with E-state index in [2.05, 4.69) is 32.9 Å². The van der Waals surface area contributed by atoms with Crippen molar-refractivity contribution in [1.82, 2.24) is 0 Å². The number of hydrogen-bond acceptors (Lipinski definition) is 2. The summed E-state index contributed by atoms with van der Waals surface area (Å²) < 4.78 is 0. The monoisotopic (exact) mass is 328 g/mol. The number of allylic oxidation sites excluding steroid dienone is 3. The second kappa shape index (κ2) is 5.06. The molecular weight excluding hydrogens is 296 g/mol. The zero-order valence-electron chi connectivity index (χ0n) is 15.7. The molecule has 0 aromatic carbocycles. The Labute approximate surface area is 146 Å². The first-order valence-electron chi connectivity index (χ1n) is 9.84. The molecule has 0 spiro atoms. The van der Waals surface area contributed by atoms with Gasteiger partial charge >= 0.3 is 0 Å². The van der Waals surface area contributed by atoms with Gasteiger partial charge in [-0.2, -0.15) is 0 Å². The summed E-state index contributed by atoms with van der Waals surface area (Å²) in [7, 11) is 0. The second-order valence-corrected chi connectivity index (χ2v) is 9.58. The molecular formula is C22H32O2. The van der Waals surface area contributed by atoms with Crippen LogP contribution >= 0.6 is 0 Å². The molecule has 2 heteroatoms. The van der Waals surface area contributed by atoms with Gasteiger partial charge in [0.25, 0.3) is 0 Å². The molecule has 0 heterocycles. The van der Waals surface area contributed by atoms with Gasteiger partial charge < -0.3 is 5.11 Å². The summed E-state index contributed by atoms with van der Waals surface area (Å²) in [6.07, 6.45) is 11.5. The second-order valence-electron chi connectivity index (χ2n) is 9.58. The Kier molecular flexibility index (Phi) is 3.50.